The number of para-hydroxylation sites is 2. The molecule has 1 rings (SSSR count). The predicted molar refractivity (Wildman–Crippen MR) is 85.9 cm³/mol. The van der Waals surface area contributed by atoms with Crippen LogP contribution in [0.4, 0.5) is 4.79 Å². The van der Waals surface area contributed by atoms with Crippen molar-refractivity contribution in [3.05, 3.63) is 24.3 Å². The van der Waals surface area contributed by atoms with E-state index >= 15 is 0 Å². The maximum Gasteiger partial charge on any atom is 0.314 e. The molecule has 128 valence electrons. The molecule has 3 N–H and O–H groups in total. The van der Waals surface area contributed by atoms with Crippen molar-refractivity contribution in [2.75, 3.05) is 26.8 Å². The van der Waals surface area contributed by atoms with Crippen molar-refractivity contribution >= 4 is 12.0 Å². The second-order valence-electron chi connectivity index (χ2n) is 5.20. The standard InChI is InChI=1S/C16H24N2O5/c1-12(10-18-16(21)17-9-5-8-15(19)20)11-23-14-7-4-3-6-13(14)22-2/h3-4,6-7,12H,5,8-11H2,1-2H3,(H,19,20)(H2,17,18,21). The third-order valence-electron chi connectivity index (χ3n) is 3.06. The topological polar surface area (TPSA) is 96.9 Å². The monoisotopic (exact) mass is 324 g/mol. The Morgan fingerprint density at radius 2 is 1.91 bits per heavy atom. The van der Waals surface area contributed by atoms with Gasteiger partial charge in [-0.1, -0.05) is 19.1 Å². The summed E-state index contributed by atoms with van der Waals surface area (Å²) < 4.78 is 10.9. The molecule has 0 saturated heterocycles. The molecule has 2 amide bonds. The molecule has 0 spiro atoms. The van der Waals surface area contributed by atoms with Crippen molar-refractivity contribution in [3.63, 3.8) is 0 Å². The molecule has 0 aliphatic rings. The number of aliphatic carboxylic acids is 1. The summed E-state index contributed by atoms with van der Waals surface area (Å²) in [6, 6.07) is 7.08. The summed E-state index contributed by atoms with van der Waals surface area (Å²) in [6.45, 7) is 3.20. The zero-order valence-electron chi connectivity index (χ0n) is 13.5. The van der Waals surface area contributed by atoms with Gasteiger partial charge in [-0.15, -0.1) is 0 Å². The highest BCUT2D eigenvalue weighted by molar-refractivity contribution is 5.73. The summed E-state index contributed by atoms with van der Waals surface area (Å²) in [5.41, 5.74) is 0. The highest BCUT2D eigenvalue weighted by Gasteiger charge is 2.08. The summed E-state index contributed by atoms with van der Waals surface area (Å²) in [5.74, 6) is 0.586. The fourth-order valence-electron chi connectivity index (χ4n) is 1.80. The summed E-state index contributed by atoms with van der Waals surface area (Å²) in [6.07, 6.45) is 0.457. The first kappa shape index (κ1) is 18.6. The van der Waals surface area contributed by atoms with Gasteiger partial charge in [0.05, 0.1) is 13.7 Å². The summed E-state index contributed by atoms with van der Waals surface area (Å²) in [5, 5.41) is 13.8. The molecule has 7 heteroatoms. The van der Waals surface area contributed by atoms with Crippen molar-refractivity contribution in [2.24, 2.45) is 5.92 Å². The lowest BCUT2D eigenvalue weighted by Crippen LogP contribution is -2.39. The molecule has 0 aliphatic carbocycles. The van der Waals surface area contributed by atoms with E-state index in [0.29, 0.717) is 37.6 Å². The minimum atomic E-state index is -0.866. The number of carbonyl (C=O) groups is 2. The predicted octanol–water partition coefficient (Wildman–Crippen LogP) is 1.87. The molecular formula is C16H24N2O5. The summed E-state index contributed by atoms with van der Waals surface area (Å²) >= 11 is 0. The minimum absolute atomic E-state index is 0.0451. The Hall–Kier alpha value is -2.44. The lowest BCUT2D eigenvalue weighted by atomic mass is 10.2. The summed E-state index contributed by atoms with van der Waals surface area (Å²) in [4.78, 5) is 21.9. The van der Waals surface area contributed by atoms with Gasteiger partial charge < -0.3 is 25.2 Å². The van der Waals surface area contributed by atoms with Crippen LogP contribution in [0.5, 0.6) is 11.5 Å². The molecule has 1 aromatic carbocycles. The lowest BCUT2D eigenvalue weighted by molar-refractivity contribution is -0.137. The smallest absolute Gasteiger partial charge is 0.314 e. The van der Waals surface area contributed by atoms with Crippen molar-refractivity contribution < 1.29 is 24.2 Å². The maximum atomic E-state index is 11.5. The Morgan fingerprint density at radius 1 is 1.22 bits per heavy atom. The number of rotatable bonds is 10. The van der Waals surface area contributed by atoms with Crippen molar-refractivity contribution in [1.29, 1.82) is 0 Å². The molecule has 0 fully saturated rings. The van der Waals surface area contributed by atoms with Crippen LogP contribution in [0.2, 0.25) is 0 Å². The second-order valence-corrected chi connectivity index (χ2v) is 5.20. The molecule has 0 heterocycles. The molecule has 23 heavy (non-hydrogen) atoms. The van der Waals surface area contributed by atoms with Crippen LogP contribution in [0.1, 0.15) is 19.8 Å². The highest BCUT2D eigenvalue weighted by Crippen LogP contribution is 2.26. The first-order valence-electron chi connectivity index (χ1n) is 7.52. The van der Waals surface area contributed by atoms with Gasteiger partial charge in [0.1, 0.15) is 0 Å². The molecule has 0 bridgehead atoms. The van der Waals surface area contributed by atoms with Gasteiger partial charge in [-0.05, 0) is 18.6 Å². The van der Waals surface area contributed by atoms with Crippen LogP contribution < -0.4 is 20.1 Å². The number of nitrogens with one attached hydrogen (secondary N) is 2. The second kappa shape index (κ2) is 10.3. The summed E-state index contributed by atoms with van der Waals surface area (Å²) in [7, 11) is 1.59. The van der Waals surface area contributed by atoms with Crippen LogP contribution in [0.3, 0.4) is 0 Å². The van der Waals surface area contributed by atoms with E-state index in [4.69, 9.17) is 14.6 Å². The zero-order chi connectivity index (χ0) is 17.1. The number of carbonyl (C=O) groups excluding carboxylic acids is 1. The molecule has 1 unspecified atom stereocenters. The quantitative estimate of drug-likeness (QED) is 0.571. The van der Waals surface area contributed by atoms with Gasteiger partial charge in [0.2, 0.25) is 0 Å². The Balaban J connectivity index is 2.20. The SMILES string of the molecule is COc1ccccc1OCC(C)CNC(=O)NCCCC(=O)O. The number of amides is 2. The van der Waals surface area contributed by atoms with E-state index in [1.165, 1.54) is 0 Å². The molecule has 0 aromatic heterocycles. The Labute approximate surface area is 136 Å². The Kier molecular flexibility index (Phi) is 8.34. The molecule has 0 radical (unpaired) electrons. The first-order chi connectivity index (χ1) is 11.0. The number of carboxylic acids is 1. The van der Waals surface area contributed by atoms with Crippen molar-refractivity contribution in [3.8, 4) is 11.5 Å². The molecule has 7 nitrogen and oxygen atoms in total. The average molecular weight is 324 g/mol. The molecule has 1 aromatic rings. The highest BCUT2D eigenvalue weighted by atomic mass is 16.5. The fourth-order valence-corrected chi connectivity index (χ4v) is 1.80. The molecule has 0 saturated carbocycles. The number of benzene rings is 1. The number of urea groups is 1. The maximum absolute atomic E-state index is 11.5. The van der Waals surface area contributed by atoms with Crippen LogP contribution in [0.25, 0.3) is 0 Å². The normalized spacial score (nSPS) is 11.4. The number of hydrogen-bond acceptors (Lipinski definition) is 4. The first-order valence-corrected chi connectivity index (χ1v) is 7.52. The van der Waals surface area contributed by atoms with Gasteiger partial charge in [-0.25, -0.2) is 4.79 Å². The number of ether oxygens (including phenoxy) is 2. The molecular weight excluding hydrogens is 300 g/mol. The van der Waals surface area contributed by atoms with Crippen LogP contribution >= 0.6 is 0 Å². The average Bonchev–Trinajstić information content (AvgIpc) is 2.55. The van der Waals surface area contributed by atoms with E-state index in [1.54, 1.807) is 7.11 Å². The van der Waals surface area contributed by atoms with E-state index in [9.17, 15) is 9.59 Å². The van der Waals surface area contributed by atoms with E-state index in [0.717, 1.165) is 0 Å². The molecule has 0 aliphatic heterocycles. The van der Waals surface area contributed by atoms with Gasteiger partial charge in [0, 0.05) is 25.4 Å². The van der Waals surface area contributed by atoms with Gasteiger partial charge in [-0.3, -0.25) is 4.79 Å². The van der Waals surface area contributed by atoms with Gasteiger partial charge >= 0.3 is 12.0 Å². The fraction of sp³-hybridized carbons (Fsp3) is 0.500. The number of carboxylic acid groups (broad SMARTS) is 1. The number of hydrogen-bond donors (Lipinski definition) is 3. The van der Waals surface area contributed by atoms with Crippen LogP contribution in [0.15, 0.2) is 24.3 Å². The van der Waals surface area contributed by atoms with E-state index < -0.39 is 5.97 Å². The third-order valence-corrected chi connectivity index (χ3v) is 3.06. The van der Waals surface area contributed by atoms with Gasteiger partial charge in [0.15, 0.2) is 11.5 Å². The van der Waals surface area contributed by atoms with E-state index in [-0.39, 0.29) is 18.4 Å². The van der Waals surface area contributed by atoms with Crippen molar-refractivity contribution in [2.45, 2.75) is 19.8 Å². The van der Waals surface area contributed by atoms with Crippen LogP contribution in [-0.2, 0) is 4.79 Å². The third kappa shape index (κ3) is 7.94. The van der Waals surface area contributed by atoms with E-state index in [2.05, 4.69) is 10.6 Å². The van der Waals surface area contributed by atoms with Gasteiger partial charge in [-0.2, -0.15) is 0 Å². The minimum Gasteiger partial charge on any atom is -0.493 e. The van der Waals surface area contributed by atoms with Crippen LogP contribution in [-0.4, -0.2) is 43.9 Å². The van der Waals surface area contributed by atoms with Gasteiger partial charge in [0.25, 0.3) is 0 Å². The Bertz CT molecular complexity index is 507. The number of methoxy groups -OCH3 is 1. The zero-order valence-corrected chi connectivity index (χ0v) is 13.5. The largest absolute Gasteiger partial charge is 0.493 e. The Morgan fingerprint density at radius 3 is 2.57 bits per heavy atom. The molecule has 1 atom stereocenters. The lowest BCUT2D eigenvalue weighted by Gasteiger charge is -2.15. The van der Waals surface area contributed by atoms with Crippen LogP contribution in [0, 0.1) is 5.92 Å². The van der Waals surface area contributed by atoms with E-state index in [1.807, 2.05) is 31.2 Å². The van der Waals surface area contributed by atoms with Crippen molar-refractivity contribution in [1.82, 2.24) is 10.6 Å².